The molecular formula is C23H31N3O5. The first-order valence-electron chi connectivity index (χ1n) is 10.8. The molecule has 0 spiro atoms. The number of nitrogens with zero attached hydrogens (tertiary/aromatic N) is 1. The number of nitrogens with one attached hydrogen (secondary N) is 2. The number of carbonyl (C=O) groups is 3. The minimum Gasteiger partial charge on any atom is -0.454 e. The maximum Gasteiger partial charge on any atom is 0.252 e. The Morgan fingerprint density at radius 2 is 1.90 bits per heavy atom. The van der Waals surface area contributed by atoms with Crippen molar-refractivity contribution in [1.82, 2.24) is 15.5 Å². The first-order chi connectivity index (χ1) is 14.9. The van der Waals surface area contributed by atoms with Crippen molar-refractivity contribution in [3.8, 4) is 11.5 Å². The Morgan fingerprint density at radius 3 is 2.58 bits per heavy atom. The van der Waals surface area contributed by atoms with Crippen LogP contribution >= 0.6 is 0 Å². The maximum atomic E-state index is 12.9. The maximum absolute atomic E-state index is 12.9. The summed E-state index contributed by atoms with van der Waals surface area (Å²) in [4.78, 5) is 39.9. The molecule has 0 saturated carbocycles. The Labute approximate surface area is 183 Å². The van der Waals surface area contributed by atoms with E-state index in [2.05, 4.69) is 17.2 Å². The van der Waals surface area contributed by atoms with Crippen LogP contribution in [0.15, 0.2) is 30.9 Å². The second-order valence-corrected chi connectivity index (χ2v) is 8.37. The lowest BCUT2D eigenvalue weighted by Gasteiger charge is -2.36. The van der Waals surface area contributed by atoms with Crippen LogP contribution < -0.4 is 20.1 Å². The zero-order valence-electron chi connectivity index (χ0n) is 18.2. The highest BCUT2D eigenvalue weighted by Gasteiger charge is 2.34. The lowest BCUT2D eigenvalue weighted by molar-refractivity contribution is -0.133. The third-order valence-corrected chi connectivity index (χ3v) is 5.57. The molecule has 3 amide bonds. The topological polar surface area (TPSA) is 97.0 Å². The van der Waals surface area contributed by atoms with Gasteiger partial charge in [0.2, 0.25) is 18.6 Å². The monoisotopic (exact) mass is 429 g/mol. The number of piperidine rings is 1. The Bertz CT molecular complexity index is 831. The van der Waals surface area contributed by atoms with Crippen LogP contribution in [0.4, 0.5) is 0 Å². The van der Waals surface area contributed by atoms with Gasteiger partial charge in [-0.2, -0.15) is 0 Å². The molecule has 2 heterocycles. The Balaban J connectivity index is 1.67. The molecule has 2 aliphatic heterocycles. The SMILES string of the molecule is C=CCNC(=O)C(NC(=O)c1ccc2c(c1)OCO2)C1CCN(C(=O)CC(C)C)CC1. The molecule has 31 heavy (non-hydrogen) atoms. The van der Waals surface area contributed by atoms with Crippen LogP contribution in [0, 0.1) is 11.8 Å². The van der Waals surface area contributed by atoms with Crippen LogP contribution in [0.3, 0.4) is 0 Å². The molecule has 3 rings (SSSR count). The summed E-state index contributed by atoms with van der Waals surface area (Å²) in [5, 5.41) is 5.69. The number of carbonyl (C=O) groups excluding carboxylic acids is 3. The van der Waals surface area contributed by atoms with Crippen molar-refractivity contribution in [2.75, 3.05) is 26.4 Å². The van der Waals surface area contributed by atoms with Gasteiger partial charge in [-0.05, 0) is 42.9 Å². The van der Waals surface area contributed by atoms with Crippen LogP contribution in [0.5, 0.6) is 11.5 Å². The van der Waals surface area contributed by atoms with E-state index in [0.717, 1.165) is 0 Å². The molecule has 0 aliphatic carbocycles. The quantitative estimate of drug-likeness (QED) is 0.617. The van der Waals surface area contributed by atoms with E-state index >= 15 is 0 Å². The number of hydrogen-bond donors (Lipinski definition) is 2. The summed E-state index contributed by atoms with van der Waals surface area (Å²) >= 11 is 0. The van der Waals surface area contributed by atoms with Gasteiger partial charge in [0, 0.05) is 31.6 Å². The van der Waals surface area contributed by atoms with Gasteiger partial charge in [0.25, 0.3) is 5.91 Å². The van der Waals surface area contributed by atoms with E-state index in [0.29, 0.717) is 61.9 Å². The predicted octanol–water partition coefficient (Wildman–Crippen LogP) is 2.10. The number of fused-ring (bicyclic) bond motifs is 1. The predicted molar refractivity (Wildman–Crippen MR) is 116 cm³/mol. The van der Waals surface area contributed by atoms with Crippen LogP contribution in [-0.2, 0) is 9.59 Å². The van der Waals surface area contributed by atoms with E-state index in [1.54, 1.807) is 24.3 Å². The van der Waals surface area contributed by atoms with Gasteiger partial charge < -0.3 is 25.0 Å². The number of benzene rings is 1. The molecule has 2 N–H and O–H groups in total. The Hall–Kier alpha value is -3.03. The molecule has 0 radical (unpaired) electrons. The fraction of sp³-hybridized carbons (Fsp3) is 0.522. The third kappa shape index (κ3) is 5.77. The molecular weight excluding hydrogens is 398 g/mol. The van der Waals surface area contributed by atoms with E-state index in [4.69, 9.17) is 9.47 Å². The number of hydrogen-bond acceptors (Lipinski definition) is 5. The van der Waals surface area contributed by atoms with Crippen molar-refractivity contribution in [1.29, 1.82) is 0 Å². The highest BCUT2D eigenvalue weighted by Crippen LogP contribution is 2.32. The lowest BCUT2D eigenvalue weighted by Crippen LogP contribution is -2.53. The summed E-state index contributed by atoms with van der Waals surface area (Å²) in [6.45, 7) is 9.29. The standard InChI is InChI=1S/C23H31N3O5/c1-4-9-24-23(29)21(16-7-10-26(11-8-16)20(27)12-15(2)3)25-22(28)17-5-6-18-19(13-17)31-14-30-18/h4-6,13,15-16,21H,1,7-12,14H2,2-3H3,(H,24,29)(H,25,28). The fourth-order valence-electron chi connectivity index (χ4n) is 3.90. The van der Waals surface area contributed by atoms with Gasteiger partial charge in [0.15, 0.2) is 11.5 Å². The van der Waals surface area contributed by atoms with Crippen LogP contribution in [0.2, 0.25) is 0 Å². The van der Waals surface area contributed by atoms with Gasteiger partial charge in [0.05, 0.1) is 0 Å². The number of ether oxygens (including phenoxy) is 2. The highest BCUT2D eigenvalue weighted by molar-refractivity contribution is 5.98. The average molecular weight is 430 g/mol. The van der Waals surface area contributed by atoms with Crippen LogP contribution in [0.1, 0.15) is 43.5 Å². The van der Waals surface area contributed by atoms with E-state index < -0.39 is 6.04 Å². The summed E-state index contributed by atoms with van der Waals surface area (Å²) in [6.07, 6.45) is 3.42. The molecule has 1 aromatic rings. The van der Waals surface area contributed by atoms with E-state index in [1.165, 1.54) is 0 Å². The largest absolute Gasteiger partial charge is 0.454 e. The van der Waals surface area contributed by atoms with Crippen molar-refractivity contribution in [2.24, 2.45) is 11.8 Å². The fourth-order valence-corrected chi connectivity index (χ4v) is 3.90. The summed E-state index contributed by atoms with van der Waals surface area (Å²) in [6, 6.07) is 4.25. The lowest BCUT2D eigenvalue weighted by atomic mass is 9.88. The normalized spacial score (nSPS) is 16.7. The van der Waals surface area contributed by atoms with Crippen molar-refractivity contribution in [3.05, 3.63) is 36.4 Å². The second-order valence-electron chi connectivity index (χ2n) is 8.37. The number of rotatable bonds is 8. The highest BCUT2D eigenvalue weighted by atomic mass is 16.7. The van der Waals surface area contributed by atoms with Crippen molar-refractivity contribution >= 4 is 17.7 Å². The molecule has 8 heteroatoms. The minimum atomic E-state index is -0.694. The van der Waals surface area contributed by atoms with Gasteiger partial charge in [-0.15, -0.1) is 6.58 Å². The molecule has 2 aliphatic rings. The first-order valence-corrected chi connectivity index (χ1v) is 10.8. The van der Waals surface area contributed by atoms with Gasteiger partial charge in [-0.25, -0.2) is 0 Å². The second kappa shape index (κ2) is 10.3. The van der Waals surface area contributed by atoms with Crippen LogP contribution in [-0.4, -0.2) is 55.1 Å². The van der Waals surface area contributed by atoms with Crippen molar-refractivity contribution < 1.29 is 23.9 Å². The van der Waals surface area contributed by atoms with Gasteiger partial charge in [-0.3, -0.25) is 14.4 Å². The summed E-state index contributed by atoms with van der Waals surface area (Å²) in [5.74, 6) is 0.892. The molecule has 0 bridgehead atoms. The number of amides is 3. The summed E-state index contributed by atoms with van der Waals surface area (Å²) < 4.78 is 10.6. The zero-order chi connectivity index (χ0) is 22.4. The molecule has 168 valence electrons. The number of likely N-dealkylation sites (tertiary alicyclic amines) is 1. The summed E-state index contributed by atoms with van der Waals surface area (Å²) in [5.41, 5.74) is 0.398. The van der Waals surface area contributed by atoms with E-state index in [1.807, 2.05) is 18.7 Å². The smallest absolute Gasteiger partial charge is 0.252 e. The van der Waals surface area contributed by atoms with Crippen molar-refractivity contribution in [2.45, 2.75) is 39.2 Å². The molecule has 8 nitrogen and oxygen atoms in total. The third-order valence-electron chi connectivity index (χ3n) is 5.57. The van der Waals surface area contributed by atoms with Crippen LogP contribution in [0.25, 0.3) is 0 Å². The van der Waals surface area contributed by atoms with Gasteiger partial charge in [0.1, 0.15) is 6.04 Å². The minimum absolute atomic E-state index is 0.0640. The zero-order valence-corrected chi connectivity index (χ0v) is 18.2. The molecule has 1 unspecified atom stereocenters. The van der Waals surface area contributed by atoms with E-state index in [9.17, 15) is 14.4 Å². The summed E-state index contributed by atoms with van der Waals surface area (Å²) in [7, 11) is 0. The average Bonchev–Trinajstić information content (AvgIpc) is 3.23. The van der Waals surface area contributed by atoms with Crippen molar-refractivity contribution in [3.63, 3.8) is 0 Å². The van der Waals surface area contributed by atoms with Gasteiger partial charge >= 0.3 is 0 Å². The van der Waals surface area contributed by atoms with Gasteiger partial charge in [-0.1, -0.05) is 19.9 Å². The molecule has 1 fully saturated rings. The van der Waals surface area contributed by atoms with E-state index in [-0.39, 0.29) is 30.4 Å². The Kier molecular flexibility index (Phi) is 7.55. The molecule has 1 saturated heterocycles. The molecule has 1 aromatic carbocycles. The molecule has 0 aromatic heterocycles. The molecule has 1 atom stereocenters. The Morgan fingerprint density at radius 1 is 1.19 bits per heavy atom. The first kappa shape index (κ1) is 22.7.